The lowest BCUT2D eigenvalue weighted by Gasteiger charge is -2.25. The molecule has 3 rings (SSSR count). The van der Waals surface area contributed by atoms with Crippen molar-refractivity contribution in [3.05, 3.63) is 75.5 Å². The Kier molecular flexibility index (Phi) is 6.12. The molecule has 1 heterocycles. The quantitative estimate of drug-likeness (QED) is 0.386. The minimum Gasteiger partial charge on any atom is -0.507 e. The predicted molar refractivity (Wildman–Crippen MR) is 106 cm³/mol. The number of carboxylic acid groups (broad SMARTS) is 1. The number of hydrogen-bond donors (Lipinski definition) is 2. The van der Waals surface area contributed by atoms with Gasteiger partial charge in [0.15, 0.2) is 0 Å². The first-order valence-electron chi connectivity index (χ1n) is 8.82. The lowest BCUT2D eigenvalue weighted by Crippen LogP contribution is -2.31. The molecule has 2 aromatic rings. The number of halogens is 2. The smallest absolute Gasteiger partial charge is 0.303 e. The molecule has 8 heteroatoms. The number of Topliss-reactive ketones (excluding diaryl/α,β-unsaturated/α-hetero) is 1. The molecule has 1 fully saturated rings. The van der Waals surface area contributed by atoms with Crippen LogP contribution in [0.3, 0.4) is 0 Å². The van der Waals surface area contributed by atoms with Gasteiger partial charge < -0.3 is 15.1 Å². The zero-order valence-electron chi connectivity index (χ0n) is 15.1. The number of carboxylic acids is 1. The van der Waals surface area contributed by atoms with Gasteiger partial charge in [0.2, 0.25) is 0 Å². The standard InChI is InChI=1S/C21H17BrFNO5/c22-13-9-7-12(8-10-13)19(27)17-18(14-4-1-2-5-15(14)23)24(21(29)20(17)28)11-3-6-16(25)26/h1-2,4-5,7-10,18,27H,3,6,11H2,(H,25,26). The minimum absolute atomic E-state index is 0.0562. The number of carbonyl (C=O) groups excluding carboxylic acids is 2. The SMILES string of the molecule is O=C(O)CCCN1C(=O)C(=O)C(=C(O)c2ccc(Br)cc2)C1c1ccccc1F. The first-order chi connectivity index (χ1) is 13.8. The van der Waals surface area contributed by atoms with Crippen LogP contribution in [-0.2, 0) is 14.4 Å². The van der Waals surface area contributed by atoms with Crippen LogP contribution in [0.2, 0.25) is 0 Å². The van der Waals surface area contributed by atoms with Gasteiger partial charge in [-0.2, -0.15) is 0 Å². The molecule has 1 saturated heterocycles. The van der Waals surface area contributed by atoms with E-state index in [0.717, 1.165) is 9.37 Å². The Morgan fingerprint density at radius 2 is 1.72 bits per heavy atom. The van der Waals surface area contributed by atoms with Crippen molar-refractivity contribution in [1.29, 1.82) is 0 Å². The third-order valence-corrected chi connectivity index (χ3v) is 5.18. The highest BCUT2D eigenvalue weighted by Crippen LogP contribution is 2.40. The summed E-state index contributed by atoms with van der Waals surface area (Å²) in [6.45, 7) is -0.0625. The molecule has 1 amide bonds. The van der Waals surface area contributed by atoms with Gasteiger partial charge in [-0.15, -0.1) is 0 Å². The molecule has 1 unspecified atom stereocenters. The average Bonchev–Trinajstić information content (AvgIpc) is 2.93. The molecule has 1 atom stereocenters. The van der Waals surface area contributed by atoms with Crippen LogP contribution in [0.5, 0.6) is 0 Å². The summed E-state index contributed by atoms with van der Waals surface area (Å²) in [4.78, 5) is 37.3. The summed E-state index contributed by atoms with van der Waals surface area (Å²) in [6, 6.07) is 11.0. The van der Waals surface area contributed by atoms with Gasteiger partial charge in [-0.25, -0.2) is 4.39 Å². The van der Waals surface area contributed by atoms with E-state index in [0.29, 0.717) is 5.56 Å². The third kappa shape index (κ3) is 4.22. The van der Waals surface area contributed by atoms with Gasteiger partial charge in [-0.3, -0.25) is 14.4 Å². The molecule has 0 aliphatic carbocycles. The van der Waals surface area contributed by atoms with Gasteiger partial charge in [0.1, 0.15) is 11.6 Å². The second-order valence-corrected chi connectivity index (χ2v) is 7.43. The van der Waals surface area contributed by atoms with E-state index in [1.165, 1.54) is 18.2 Å². The number of aliphatic carboxylic acids is 1. The van der Waals surface area contributed by atoms with Crippen LogP contribution in [0, 0.1) is 5.82 Å². The Hall–Kier alpha value is -3.00. The Morgan fingerprint density at radius 3 is 2.34 bits per heavy atom. The van der Waals surface area contributed by atoms with Gasteiger partial charge in [0.05, 0.1) is 11.6 Å². The Morgan fingerprint density at radius 1 is 1.07 bits per heavy atom. The maximum atomic E-state index is 14.6. The van der Waals surface area contributed by atoms with Crippen LogP contribution in [0.25, 0.3) is 5.76 Å². The van der Waals surface area contributed by atoms with Crippen LogP contribution in [0.15, 0.2) is 58.6 Å². The molecular formula is C21H17BrFNO5. The van der Waals surface area contributed by atoms with Crippen LogP contribution in [0.4, 0.5) is 4.39 Å². The lowest BCUT2D eigenvalue weighted by molar-refractivity contribution is -0.140. The van der Waals surface area contributed by atoms with Gasteiger partial charge in [0, 0.05) is 28.6 Å². The summed E-state index contributed by atoms with van der Waals surface area (Å²) in [5.41, 5.74) is 0.136. The summed E-state index contributed by atoms with van der Waals surface area (Å²) < 4.78 is 15.3. The summed E-state index contributed by atoms with van der Waals surface area (Å²) >= 11 is 3.28. The van der Waals surface area contributed by atoms with Crippen molar-refractivity contribution in [3.63, 3.8) is 0 Å². The third-order valence-electron chi connectivity index (χ3n) is 4.65. The number of aliphatic hydroxyl groups excluding tert-OH is 1. The maximum absolute atomic E-state index is 14.6. The monoisotopic (exact) mass is 461 g/mol. The predicted octanol–water partition coefficient (Wildman–Crippen LogP) is 3.87. The first-order valence-corrected chi connectivity index (χ1v) is 9.61. The highest BCUT2D eigenvalue weighted by Gasteiger charge is 2.46. The molecule has 1 aliphatic heterocycles. The van der Waals surface area contributed by atoms with E-state index < -0.39 is 35.3 Å². The van der Waals surface area contributed by atoms with E-state index in [9.17, 15) is 23.9 Å². The van der Waals surface area contributed by atoms with Crippen molar-refractivity contribution in [3.8, 4) is 0 Å². The number of carbonyl (C=O) groups is 3. The largest absolute Gasteiger partial charge is 0.507 e. The van der Waals surface area contributed by atoms with Crippen LogP contribution < -0.4 is 0 Å². The second-order valence-electron chi connectivity index (χ2n) is 6.52. The number of amides is 1. The summed E-state index contributed by atoms with van der Waals surface area (Å²) in [6.07, 6.45) is -0.120. The lowest BCUT2D eigenvalue weighted by atomic mass is 9.95. The van der Waals surface area contributed by atoms with Crippen LogP contribution in [0.1, 0.15) is 30.0 Å². The molecule has 1 aliphatic rings. The number of likely N-dealkylation sites (tertiary alicyclic amines) is 1. The normalized spacial score (nSPS) is 18.3. The molecule has 2 N–H and O–H groups in total. The van der Waals surface area contributed by atoms with Crippen molar-refractivity contribution < 1.29 is 29.0 Å². The molecule has 0 aromatic heterocycles. The average molecular weight is 462 g/mol. The van der Waals surface area contributed by atoms with Crippen molar-refractivity contribution in [2.45, 2.75) is 18.9 Å². The van der Waals surface area contributed by atoms with Gasteiger partial charge >= 0.3 is 5.97 Å². The van der Waals surface area contributed by atoms with Crippen molar-refractivity contribution >= 4 is 39.3 Å². The molecule has 2 aromatic carbocycles. The van der Waals surface area contributed by atoms with Crippen molar-refractivity contribution in [2.75, 3.05) is 6.54 Å². The number of benzene rings is 2. The zero-order chi connectivity index (χ0) is 21.1. The number of nitrogens with zero attached hydrogens (tertiary/aromatic N) is 1. The van der Waals surface area contributed by atoms with Crippen molar-refractivity contribution in [1.82, 2.24) is 4.90 Å². The number of aliphatic hydroxyl groups is 1. The fourth-order valence-corrected chi connectivity index (χ4v) is 3.56. The summed E-state index contributed by atoms with van der Waals surface area (Å²) in [7, 11) is 0. The zero-order valence-corrected chi connectivity index (χ0v) is 16.7. The summed E-state index contributed by atoms with van der Waals surface area (Å²) in [5.74, 6) is -3.93. The Labute approximate surface area is 174 Å². The second kappa shape index (κ2) is 8.57. The first kappa shape index (κ1) is 20.7. The van der Waals surface area contributed by atoms with E-state index in [2.05, 4.69) is 15.9 Å². The summed E-state index contributed by atoms with van der Waals surface area (Å²) in [5, 5.41) is 19.7. The topological polar surface area (TPSA) is 94.9 Å². The molecule has 0 spiro atoms. The molecule has 150 valence electrons. The Balaban J connectivity index is 2.12. The number of rotatable bonds is 6. The molecule has 29 heavy (non-hydrogen) atoms. The van der Waals surface area contributed by atoms with E-state index in [1.54, 1.807) is 30.3 Å². The van der Waals surface area contributed by atoms with Gasteiger partial charge in [-0.1, -0.05) is 46.3 Å². The highest BCUT2D eigenvalue weighted by molar-refractivity contribution is 9.10. The molecule has 6 nitrogen and oxygen atoms in total. The molecular weight excluding hydrogens is 445 g/mol. The van der Waals surface area contributed by atoms with Crippen LogP contribution in [-0.4, -0.2) is 39.3 Å². The molecule has 0 saturated carbocycles. The van der Waals surface area contributed by atoms with Crippen LogP contribution >= 0.6 is 15.9 Å². The maximum Gasteiger partial charge on any atom is 0.303 e. The molecule has 0 bridgehead atoms. The van der Waals surface area contributed by atoms with E-state index in [1.807, 2.05) is 0 Å². The Bertz CT molecular complexity index is 1000. The van der Waals surface area contributed by atoms with E-state index >= 15 is 0 Å². The van der Waals surface area contributed by atoms with Gasteiger partial charge in [-0.05, 0) is 24.6 Å². The van der Waals surface area contributed by atoms with Gasteiger partial charge in [0.25, 0.3) is 11.7 Å². The fraction of sp³-hybridized carbons (Fsp3) is 0.190. The van der Waals surface area contributed by atoms with E-state index in [-0.39, 0.29) is 30.5 Å². The minimum atomic E-state index is -1.14. The molecule has 0 radical (unpaired) electrons. The number of hydrogen-bond acceptors (Lipinski definition) is 4. The highest BCUT2D eigenvalue weighted by atomic mass is 79.9. The fourth-order valence-electron chi connectivity index (χ4n) is 3.29. The van der Waals surface area contributed by atoms with E-state index in [4.69, 9.17) is 5.11 Å². The number of ketones is 1. The van der Waals surface area contributed by atoms with Crippen molar-refractivity contribution in [2.24, 2.45) is 0 Å².